The van der Waals surface area contributed by atoms with E-state index < -0.39 is 5.97 Å². The third-order valence-corrected chi connectivity index (χ3v) is 6.51. The number of carboxylic acid groups (broad SMARTS) is 1. The Morgan fingerprint density at radius 1 is 1.34 bits per heavy atom. The molecule has 1 aliphatic heterocycles. The maximum atomic E-state index is 12.6. The zero-order valence-corrected chi connectivity index (χ0v) is 19.9. The van der Waals surface area contributed by atoms with Gasteiger partial charge in [0.15, 0.2) is 6.29 Å². The second-order valence-corrected chi connectivity index (χ2v) is 9.21. The zero-order valence-electron chi connectivity index (χ0n) is 19.9. The minimum absolute atomic E-state index is 0.0192. The van der Waals surface area contributed by atoms with Crippen molar-refractivity contribution in [2.24, 2.45) is 23.7 Å². The second kappa shape index (κ2) is 14.3. The topological polar surface area (TPSA) is 72.8 Å². The molecule has 0 radical (unpaired) electrons. The number of Topliss-reactive ketones (excluding diaryl/α,β-unsaturated/α-hetero) is 1. The molecule has 5 nitrogen and oxygen atoms in total. The largest absolute Gasteiger partial charge is 0.481 e. The molecule has 0 aromatic rings. The first-order valence-electron chi connectivity index (χ1n) is 12.2. The van der Waals surface area contributed by atoms with Crippen LogP contribution in [0.15, 0.2) is 24.3 Å². The Morgan fingerprint density at radius 2 is 2.16 bits per heavy atom. The van der Waals surface area contributed by atoms with Crippen molar-refractivity contribution in [2.45, 2.75) is 91.0 Å². The number of ether oxygens (including phenoxy) is 2. The van der Waals surface area contributed by atoms with Crippen LogP contribution in [0.5, 0.6) is 0 Å². The molecule has 1 aliphatic carbocycles. The van der Waals surface area contributed by atoms with Crippen LogP contribution >= 0.6 is 0 Å². The summed E-state index contributed by atoms with van der Waals surface area (Å²) in [5, 5.41) is 8.73. The van der Waals surface area contributed by atoms with E-state index in [4.69, 9.17) is 14.6 Å². The van der Waals surface area contributed by atoms with Crippen molar-refractivity contribution in [3.63, 3.8) is 0 Å². The maximum absolute atomic E-state index is 12.6. The van der Waals surface area contributed by atoms with Crippen LogP contribution in [-0.2, 0) is 19.1 Å². The molecule has 5 heteroatoms. The number of aliphatic carboxylic acids is 1. The maximum Gasteiger partial charge on any atom is 0.303 e. The fourth-order valence-electron chi connectivity index (χ4n) is 4.54. The minimum Gasteiger partial charge on any atom is -0.481 e. The third kappa shape index (κ3) is 8.92. The lowest BCUT2D eigenvalue weighted by Gasteiger charge is -2.29. The van der Waals surface area contributed by atoms with Crippen molar-refractivity contribution in [3.05, 3.63) is 24.3 Å². The number of unbranched alkanes of at least 4 members (excludes halogenated alkanes) is 1. The highest BCUT2D eigenvalue weighted by Gasteiger charge is 2.37. The number of carboxylic acids is 1. The minimum atomic E-state index is -0.766. The molecule has 178 valence electrons. The van der Waals surface area contributed by atoms with E-state index in [-0.39, 0.29) is 36.6 Å². The fourth-order valence-corrected chi connectivity index (χ4v) is 4.54. The molecule has 0 spiro atoms. The standard InChI is InChI=1S/C27H40O5/c1-4-5-12-20(2)25(32-27-15-10-11-18-31-27)17-16-22-21(3)19-24(28)23(22)13-8-6-7-9-14-26(29)30/h6,8,16-17,20-23,25,27H,7,9-15,18-19H2,1-3H3,(H,29,30)/b8-6-,17-16+/t20?,21-,22+,23-,25-,27?/m1/s1. The molecule has 0 bridgehead atoms. The van der Waals surface area contributed by atoms with E-state index in [9.17, 15) is 9.59 Å². The molecule has 1 heterocycles. The van der Waals surface area contributed by atoms with Crippen molar-refractivity contribution >= 4 is 11.8 Å². The summed E-state index contributed by atoms with van der Waals surface area (Å²) in [7, 11) is 0. The highest BCUT2D eigenvalue weighted by molar-refractivity contribution is 5.84. The number of carbonyl (C=O) groups is 2. The van der Waals surface area contributed by atoms with Gasteiger partial charge in [0.2, 0.25) is 0 Å². The second-order valence-electron chi connectivity index (χ2n) is 9.21. The lowest BCUT2D eigenvalue weighted by molar-refractivity contribution is -0.186. The number of allylic oxidation sites excluding steroid dienone is 3. The van der Waals surface area contributed by atoms with Gasteiger partial charge in [0.05, 0.1) is 6.10 Å². The van der Waals surface area contributed by atoms with E-state index in [1.807, 2.05) is 19.1 Å². The van der Waals surface area contributed by atoms with Crippen LogP contribution in [0.25, 0.3) is 0 Å². The van der Waals surface area contributed by atoms with Crippen LogP contribution in [0, 0.1) is 35.5 Å². The molecule has 2 aliphatic rings. The molecular weight excluding hydrogens is 404 g/mol. The Hall–Kier alpha value is -1.90. The Morgan fingerprint density at radius 3 is 2.84 bits per heavy atom. The van der Waals surface area contributed by atoms with Gasteiger partial charge in [-0.2, -0.15) is 0 Å². The molecule has 2 rings (SSSR count). The molecule has 1 saturated carbocycles. The quantitative estimate of drug-likeness (QED) is 0.243. The van der Waals surface area contributed by atoms with Crippen LogP contribution in [0.3, 0.4) is 0 Å². The van der Waals surface area contributed by atoms with Gasteiger partial charge in [-0.1, -0.05) is 38.2 Å². The monoisotopic (exact) mass is 444 g/mol. The first-order chi connectivity index (χ1) is 15.4. The summed E-state index contributed by atoms with van der Waals surface area (Å²) in [4.78, 5) is 23.2. The summed E-state index contributed by atoms with van der Waals surface area (Å²) in [6, 6.07) is 0. The molecule has 0 aromatic heterocycles. The summed E-state index contributed by atoms with van der Waals surface area (Å²) >= 11 is 0. The molecule has 6 atom stereocenters. The van der Waals surface area contributed by atoms with E-state index in [1.54, 1.807) is 0 Å². The number of hydrogen-bond acceptors (Lipinski definition) is 4. The first kappa shape index (κ1) is 26.4. The van der Waals surface area contributed by atoms with Crippen LogP contribution in [0.1, 0.15) is 78.6 Å². The van der Waals surface area contributed by atoms with Crippen LogP contribution < -0.4 is 0 Å². The lowest BCUT2D eigenvalue weighted by atomic mass is 9.86. The molecule has 0 aromatic carbocycles. The van der Waals surface area contributed by atoms with Gasteiger partial charge in [-0.3, -0.25) is 9.59 Å². The summed E-state index contributed by atoms with van der Waals surface area (Å²) in [6.45, 7) is 6.91. The lowest BCUT2D eigenvalue weighted by Crippen LogP contribution is -2.30. The number of ketones is 1. The van der Waals surface area contributed by atoms with Crippen LogP contribution in [0.2, 0.25) is 0 Å². The average molecular weight is 445 g/mol. The average Bonchev–Trinajstić information content (AvgIpc) is 3.04. The smallest absolute Gasteiger partial charge is 0.303 e. The van der Waals surface area contributed by atoms with Gasteiger partial charge in [-0.15, -0.1) is 11.8 Å². The predicted octanol–water partition coefficient (Wildman–Crippen LogP) is 5.55. The van der Waals surface area contributed by atoms with Gasteiger partial charge in [0.25, 0.3) is 0 Å². The molecule has 2 unspecified atom stereocenters. The normalized spacial score (nSPS) is 28.0. The van der Waals surface area contributed by atoms with Crippen molar-refractivity contribution in [1.82, 2.24) is 0 Å². The highest BCUT2D eigenvalue weighted by atomic mass is 16.7. The van der Waals surface area contributed by atoms with Gasteiger partial charge in [-0.25, -0.2) is 0 Å². The molecule has 0 amide bonds. The summed E-state index contributed by atoms with van der Waals surface area (Å²) in [5.74, 6) is 6.41. The SMILES string of the molecule is CC#CCC(C)[C@@H](/C=C/[C@H]1[C@H](C)CC(=O)[C@@H]1C/C=C\CCCC(=O)O)OC1CCCCO1. The summed E-state index contributed by atoms with van der Waals surface area (Å²) in [6.07, 6.45) is 14.9. The van der Waals surface area contributed by atoms with Gasteiger partial charge in [0, 0.05) is 31.8 Å². The van der Waals surface area contributed by atoms with Gasteiger partial charge in [0.1, 0.15) is 5.78 Å². The molecule has 32 heavy (non-hydrogen) atoms. The fraction of sp³-hybridized carbons (Fsp3) is 0.704. The first-order valence-corrected chi connectivity index (χ1v) is 12.2. The Labute approximate surface area is 193 Å². The Balaban J connectivity index is 2.01. The number of rotatable bonds is 12. The van der Waals surface area contributed by atoms with Crippen molar-refractivity contribution in [1.29, 1.82) is 0 Å². The Kier molecular flexibility index (Phi) is 11.8. The van der Waals surface area contributed by atoms with Crippen molar-refractivity contribution < 1.29 is 24.2 Å². The van der Waals surface area contributed by atoms with Crippen molar-refractivity contribution in [3.8, 4) is 11.8 Å². The predicted molar refractivity (Wildman–Crippen MR) is 126 cm³/mol. The molecule has 1 saturated heterocycles. The van der Waals surface area contributed by atoms with E-state index in [0.717, 1.165) is 38.7 Å². The van der Waals surface area contributed by atoms with E-state index in [1.165, 1.54) is 0 Å². The number of carbonyl (C=O) groups excluding carboxylic acids is 1. The van der Waals surface area contributed by atoms with E-state index >= 15 is 0 Å². The zero-order chi connectivity index (χ0) is 23.3. The van der Waals surface area contributed by atoms with E-state index in [2.05, 4.69) is 37.8 Å². The van der Waals surface area contributed by atoms with Crippen LogP contribution in [-0.4, -0.2) is 35.9 Å². The van der Waals surface area contributed by atoms with Gasteiger partial charge < -0.3 is 14.6 Å². The van der Waals surface area contributed by atoms with E-state index in [0.29, 0.717) is 31.0 Å². The third-order valence-electron chi connectivity index (χ3n) is 6.51. The summed E-state index contributed by atoms with van der Waals surface area (Å²) < 4.78 is 12.1. The van der Waals surface area contributed by atoms with Gasteiger partial charge in [-0.05, 0) is 63.2 Å². The van der Waals surface area contributed by atoms with Gasteiger partial charge >= 0.3 is 5.97 Å². The molecule has 1 N–H and O–H groups in total. The van der Waals surface area contributed by atoms with Crippen LogP contribution in [0.4, 0.5) is 0 Å². The summed E-state index contributed by atoms with van der Waals surface area (Å²) in [5.41, 5.74) is 0. The highest BCUT2D eigenvalue weighted by Crippen LogP contribution is 2.38. The Bertz CT molecular complexity index is 707. The molecule has 2 fully saturated rings. The molecular formula is C27H40O5. The van der Waals surface area contributed by atoms with Crippen molar-refractivity contribution in [2.75, 3.05) is 6.61 Å². The number of hydrogen-bond donors (Lipinski definition) is 1.